The Bertz CT molecular complexity index is 1050. The molecular weight excluding hydrogens is 422 g/mol. The first-order chi connectivity index (χ1) is 15.1. The zero-order valence-corrected chi connectivity index (χ0v) is 20.3. The summed E-state index contributed by atoms with van der Waals surface area (Å²) in [5.74, 6) is -0.891. The van der Waals surface area contributed by atoms with E-state index in [0.29, 0.717) is 38.8 Å². The van der Waals surface area contributed by atoms with E-state index in [-0.39, 0.29) is 17.7 Å². The quantitative estimate of drug-likeness (QED) is 0.473. The average Bonchev–Trinajstić information content (AvgIpc) is 2.74. The van der Waals surface area contributed by atoms with Crippen molar-refractivity contribution in [3.63, 3.8) is 0 Å². The van der Waals surface area contributed by atoms with Gasteiger partial charge in [-0.15, -0.1) is 0 Å². The molecule has 2 saturated heterocycles. The van der Waals surface area contributed by atoms with Gasteiger partial charge >= 0.3 is 0 Å². The van der Waals surface area contributed by atoms with Crippen molar-refractivity contribution in [2.24, 2.45) is 0 Å². The Labute approximate surface area is 190 Å². The number of hydrogen-bond acceptors (Lipinski definition) is 6. The molecule has 0 radical (unpaired) electrons. The fourth-order valence-corrected chi connectivity index (χ4v) is 6.70. The standard InChI is InChI=1S/C24H33N3O4Si/c1-5-23(31-32(2,3)4)15-25-11-10-24(23,30)18-6-8-20-16(13-18)12-17(14-26-20)19-7-9-21(28)27-22(19)29/h6,8,12-14,19,25,30H,5,7,9-11,15H2,1-4H3,(H,27,28,29). The highest BCUT2D eigenvalue weighted by Gasteiger charge is 2.54. The van der Waals surface area contributed by atoms with Gasteiger partial charge in [0.05, 0.1) is 11.4 Å². The van der Waals surface area contributed by atoms with Gasteiger partial charge in [-0.25, -0.2) is 0 Å². The van der Waals surface area contributed by atoms with Crippen molar-refractivity contribution < 1.29 is 19.1 Å². The summed E-state index contributed by atoms with van der Waals surface area (Å²) in [5, 5.41) is 18.8. The lowest BCUT2D eigenvalue weighted by atomic mass is 9.71. The summed E-state index contributed by atoms with van der Waals surface area (Å²) >= 11 is 0. The number of fused-ring (bicyclic) bond motifs is 1. The molecule has 1 aromatic heterocycles. The van der Waals surface area contributed by atoms with Crippen LogP contribution in [0.4, 0.5) is 0 Å². The number of nitrogens with one attached hydrogen (secondary N) is 2. The van der Waals surface area contributed by atoms with Crippen LogP contribution in [0.15, 0.2) is 30.5 Å². The molecule has 4 rings (SSSR count). The van der Waals surface area contributed by atoms with Gasteiger partial charge in [0.2, 0.25) is 11.8 Å². The molecule has 7 nitrogen and oxygen atoms in total. The molecule has 3 N–H and O–H groups in total. The number of aliphatic hydroxyl groups is 1. The largest absolute Gasteiger partial charge is 0.408 e. The van der Waals surface area contributed by atoms with Gasteiger partial charge < -0.3 is 14.8 Å². The number of benzene rings is 1. The maximum Gasteiger partial charge on any atom is 0.234 e. The minimum absolute atomic E-state index is 0.228. The zero-order valence-electron chi connectivity index (χ0n) is 19.3. The van der Waals surface area contributed by atoms with E-state index in [1.165, 1.54) is 0 Å². The van der Waals surface area contributed by atoms with E-state index in [4.69, 9.17) is 4.43 Å². The third-order valence-corrected chi connectivity index (χ3v) is 7.73. The molecule has 3 unspecified atom stereocenters. The van der Waals surface area contributed by atoms with Gasteiger partial charge in [0.1, 0.15) is 11.2 Å². The number of rotatable bonds is 5. The summed E-state index contributed by atoms with van der Waals surface area (Å²) in [4.78, 5) is 28.4. The van der Waals surface area contributed by atoms with Gasteiger partial charge in [0.25, 0.3) is 0 Å². The van der Waals surface area contributed by atoms with Gasteiger partial charge in [0.15, 0.2) is 8.32 Å². The number of carbonyl (C=O) groups excluding carboxylic acids is 2. The van der Waals surface area contributed by atoms with Gasteiger partial charge in [-0.05, 0) is 74.8 Å². The number of nitrogens with zero attached hydrogens (tertiary/aromatic N) is 1. The van der Waals surface area contributed by atoms with Crippen LogP contribution in [0.3, 0.4) is 0 Å². The van der Waals surface area contributed by atoms with Crippen LogP contribution in [0, 0.1) is 0 Å². The highest BCUT2D eigenvalue weighted by molar-refractivity contribution is 6.69. The monoisotopic (exact) mass is 455 g/mol. The van der Waals surface area contributed by atoms with E-state index < -0.39 is 19.5 Å². The SMILES string of the molecule is CCC1(O[Si](C)(C)C)CNCCC1(O)c1ccc2ncc(C3CCC(=O)NC3=O)cc2c1. The topological polar surface area (TPSA) is 101 Å². The van der Waals surface area contributed by atoms with E-state index in [9.17, 15) is 14.7 Å². The second-order valence-electron chi connectivity index (χ2n) is 10.0. The minimum atomic E-state index is -1.94. The summed E-state index contributed by atoms with van der Waals surface area (Å²) in [7, 11) is -1.94. The minimum Gasteiger partial charge on any atom is -0.408 e. The molecule has 172 valence electrons. The lowest BCUT2D eigenvalue weighted by molar-refractivity contribution is -0.164. The molecular formula is C24H33N3O4Si. The van der Waals surface area contributed by atoms with Crippen molar-refractivity contribution in [3.8, 4) is 0 Å². The van der Waals surface area contributed by atoms with Crippen LogP contribution in [0.25, 0.3) is 10.9 Å². The molecule has 2 fully saturated rings. The highest BCUT2D eigenvalue weighted by Crippen LogP contribution is 2.45. The normalized spacial score (nSPS) is 29.2. The molecule has 8 heteroatoms. The third kappa shape index (κ3) is 4.12. The van der Waals surface area contributed by atoms with Crippen LogP contribution < -0.4 is 10.6 Å². The number of carbonyl (C=O) groups is 2. The van der Waals surface area contributed by atoms with Crippen molar-refractivity contribution in [2.45, 2.75) is 69.4 Å². The number of piperidine rings is 2. The molecule has 0 bridgehead atoms. The zero-order chi connectivity index (χ0) is 23.1. The maximum absolute atomic E-state index is 12.3. The Morgan fingerprint density at radius 1 is 1.25 bits per heavy atom. The van der Waals surface area contributed by atoms with Crippen molar-refractivity contribution in [1.29, 1.82) is 0 Å². The van der Waals surface area contributed by atoms with Crippen LogP contribution >= 0.6 is 0 Å². The van der Waals surface area contributed by atoms with E-state index >= 15 is 0 Å². The fourth-order valence-electron chi connectivity index (χ4n) is 5.15. The lowest BCUT2D eigenvalue weighted by Gasteiger charge is -2.53. The van der Waals surface area contributed by atoms with Crippen LogP contribution in [-0.2, 0) is 19.6 Å². The second kappa shape index (κ2) is 8.33. The van der Waals surface area contributed by atoms with E-state index in [1.54, 1.807) is 6.20 Å². The smallest absolute Gasteiger partial charge is 0.234 e. The number of hydrogen-bond donors (Lipinski definition) is 3. The van der Waals surface area contributed by atoms with Crippen molar-refractivity contribution in [2.75, 3.05) is 13.1 Å². The average molecular weight is 456 g/mol. The first-order valence-corrected chi connectivity index (χ1v) is 14.8. The van der Waals surface area contributed by atoms with Crippen LogP contribution in [0.5, 0.6) is 0 Å². The Kier molecular flexibility index (Phi) is 6.00. The molecule has 2 aromatic rings. The Morgan fingerprint density at radius 2 is 2.03 bits per heavy atom. The number of aromatic nitrogens is 1. The Hall–Kier alpha value is -2.13. The number of pyridine rings is 1. The first-order valence-electron chi connectivity index (χ1n) is 11.4. The van der Waals surface area contributed by atoms with Crippen molar-refractivity contribution in [3.05, 3.63) is 41.6 Å². The highest BCUT2D eigenvalue weighted by atomic mass is 28.4. The molecule has 2 amide bonds. The van der Waals surface area contributed by atoms with Crippen LogP contribution in [0.1, 0.15) is 49.7 Å². The molecule has 0 aliphatic carbocycles. The predicted molar refractivity (Wildman–Crippen MR) is 126 cm³/mol. The summed E-state index contributed by atoms with van der Waals surface area (Å²) in [5.41, 5.74) is 0.561. The molecule has 1 aromatic carbocycles. The van der Waals surface area contributed by atoms with Gasteiger partial charge in [-0.1, -0.05) is 13.0 Å². The van der Waals surface area contributed by atoms with Crippen LogP contribution in [0.2, 0.25) is 19.6 Å². The Balaban J connectivity index is 1.76. The van der Waals surface area contributed by atoms with E-state index in [1.807, 2.05) is 24.3 Å². The summed E-state index contributed by atoms with van der Waals surface area (Å²) in [6.45, 7) is 9.82. The third-order valence-electron chi connectivity index (χ3n) is 6.72. The number of amides is 2. The maximum atomic E-state index is 12.3. The summed E-state index contributed by atoms with van der Waals surface area (Å²) < 4.78 is 6.67. The predicted octanol–water partition coefficient (Wildman–Crippen LogP) is 2.94. The first kappa shape index (κ1) is 23.0. The summed E-state index contributed by atoms with van der Waals surface area (Å²) in [6.07, 6.45) is 3.76. The fraction of sp³-hybridized carbons (Fsp3) is 0.542. The molecule has 3 heterocycles. The number of imide groups is 1. The van der Waals surface area contributed by atoms with E-state index in [0.717, 1.165) is 22.0 Å². The molecule has 32 heavy (non-hydrogen) atoms. The van der Waals surface area contributed by atoms with Crippen molar-refractivity contribution >= 4 is 31.0 Å². The van der Waals surface area contributed by atoms with E-state index in [2.05, 4.69) is 42.2 Å². The van der Waals surface area contributed by atoms with Crippen molar-refractivity contribution in [1.82, 2.24) is 15.6 Å². The molecule has 0 spiro atoms. The molecule has 2 aliphatic heterocycles. The molecule has 3 atom stereocenters. The van der Waals surface area contributed by atoms with Gasteiger partial charge in [-0.2, -0.15) is 0 Å². The van der Waals surface area contributed by atoms with Crippen LogP contribution in [-0.4, -0.2) is 48.9 Å². The molecule has 2 aliphatic rings. The second-order valence-corrected chi connectivity index (χ2v) is 14.5. The van der Waals surface area contributed by atoms with Gasteiger partial charge in [0, 0.05) is 24.5 Å². The lowest BCUT2D eigenvalue weighted by Crippen LogP contribution is -2.65. The Morgan fingerprint density at radius 3 is 2.72 bits per heavy atom. The molecule has 0 saturated carbocycles. The van der Waals surface area contributed by atoms with Gasteiger partial charge in [-0.3, -0.25) is 19.9 Å². The summed E-state index contributed by atoms with van der Waals surface area (Å²) in [6, 6.07) is 7.82.